The molecule has 3 rings (SSSR count). The van der Waals surface area contributed by atoms with Gasteiger partial charge < -0.3 is 14.2 Å². The van der Waals surface area contributed by atoms with Gasteiger partial charge in [-0.3, -0.25) is 14.9 Å². The number of nitro benzene ring substituents is 1. The fourth-order valence-corrected chi connectivity index (χ4v) is 3.27. The highest BCUT2D eigenvalue weighted by atomic mass is 16.6. The number of benzene rings is 1. The molecule has 1 amide bonds. The molecule has 0 aliphatic carbocycles. The summed E-state index contributed by atoms with van der Waals surface area (Å²) in [6.07, 6.45) is 4.97. The number of nitrogens with zero attached hydrogens (tertiary/aromatic N) is 3. The summed E-state index contributed by atoms with van der Waals surface area (Å²) in [4.78, 5) is 24.9. The zero-order valence-corrected chi connectivity index (χ0v) is 14.1. The lowest BCUT2D eigenvalue weighted by Gasteiger charge is -2.36. The van der Waals surface area contributed by atoms with Crippen LogP contribution in [0.1, 0.15) is 31.0 Å². The number of likely N-dealkylation sites (tertiary alicyclic amines) is 1. The first kappa shape index (κ1) is 17.0. The first-order valence-electron chi connectivity index (χ1n) is 8.34. The van der Waals surface area contributed by atoms with Gasteiger partial charge in [0, 0.05) is 31.5 Å². The molecule has 25 heavy (non-hydrogen) atoms. The number of amides is 1. The molecule has 1 aliphatic heterocycles. The second-order valence-corrected chi connectivity index (χ2v) is 6.19. The average molecular weight is 343 g/mol. The van der Waals surface area contributed by atoms with Gasteiger partial charge in [0.2, 0.25) is 0 Å². The SMILES string of the molecule is Cn1cccc1[C@@H]1CCCCN1C(=O)COc1cccc([N+](=O)[O-])c1. The zero-order valence-electron chi connectivity index (χ0n) is 14.1. The third-order valence-electron chi connectivity index (χ3n) is 4.54. The number of non-ortho nitro benzene ring substituents is 1. The van der Waals surface area contributed by atoms with E-state index in [0.717, 1.165) is 25.0 Å². The Morgan fingerprint density at radius 2 is 2.16 bits per heavy atom. The quantitative estimate of drug-likeness (QED) is 0.617. The average Bonchev–Trinajstić information content (AvgIpc) is 3.05. The van der Waals surface area contributed by atoms with Gasteiger partial charge in [-0.15, -0.1) is 0 Å². The summed E-state index contributed by atoms with van der Waals surface area (Å²) >= 11 is 0. The molecule has 132 valence electrons. The molecule has 0 radical (unpaired) electrons. The maximum Gasteiger partial charge on any atom is 0.273 e. The third kappa shape index (κ3) is 3.81. The fraction of sp³-hybridized carbons (Fsp3) is 0.389. The van der Waals surface area contributed by atoms with Crippen LogP contribution in [0.4, 0.5) is 5.69 Å². The van der Waals surface area contributed by atoms with Gasteiger partial charge in [-0.1, -0.05) is 6.07 Å². The highest BCUT2D eigenvalue weighted by Crippen LogP contribution is 2.31. The van der Waals surface area contributed by atoms with Crippen LogP contribution < -0.4 is 4.74 Å². The first-order valence-corrected chi connectivity index (χ1v) is 8.34. The minimum Gasteiger partial charge on any atom is -0.484 e. The van der Waals surface area contributed by atoms with Crippen LogP contribution in [0.3, 0.4) is 0 Å². The van der Waals surface area contributed by atoms with Crippen LogP contribution in [0.25, 0.3) is 0 Å². The Balaban J connectivity index is 1.68. The van der Waals surface area contributed by atoms with Crippen LogP contribution in [0.2, 0.25) is 0 Å². The van der Waals surface area contributed by atoms with Crippen molar-refractivity contribution >= 4 is 11.6 Å². The minimum absolute atomic E-state index is 0.0509. The van der Waals surface area contributed by atoms with Crippen molar-refractivity contribution < 1.29 is 14.5 Å². The van der Waals surface area contributed by atoms with Gasteiger partial charge in [-0.05, 0) is 37.5 Å². The standard InChI is InChI=1S/C18H21N3O4/c1-19-10-5-9-16(19)17-8-2-3-11-20(17)18(22)13-25-15-7-4-6-14(12-15)21(23)24/h4-7,9-10,12,17H,2-3,8,11,13H2,1H3/t17-/m0/s1. The number of aromatic nitrogens is 1. The van der Waals surface area contributed by atoms with E-state index in [0.29, 0.717) is 12.3 Å². The molecule has 0 unspecified atom stereocenters. The fourth-order valence-electron chi connectivity index (χ4n) is 3.27. The Morgan fingerprint density at radius 1 is 1.32 bits per heavy atom. The summed E-state index contributed by atoms with van der Waals surface area (Å²) in [5, 5.41) is 10.8. The highest BCUT2D eigenvalue weighted by Gasteiger charge is 2.29. The summed E-state index contributed by atoms with van der Waals surface area (Å²) in [6.45, 7) is 0.578. The predicted octanol–water partition coefficient (Wildman–Crippen LogP) is 3.07. The highest BCUT2D eigenvalue weighted by molar-refractivity contribution is 5.78. The Morgan fingerprint density at radius 3 is 2.88 bits per heavy atom. The Kier molecular flexibility index (Phi) is 5.02. The normalized spacial score (nSPS) is 17.3. The molecule has 7 heteroatoms. The smallest absolute Gasteiger partial charge is 0.273 e. The maximum atomic E-state index is 12.7. The van der Waals surface area contributed by atoms with Gasteiger partial charge in [0.05, 0.1) is 17.0 Å². The van der Waals surface area contributed by atoms with Crippen molar-refractivity contribution in [2.24, 2.45) is 7.05 Å². The molecular formula is C18H21N3O4. The van der Waals surface area contributed by atoms with Gasteiger partial charge in [-0.2, -0.15) is 0 Å². The molecule has 1 fully saturated rings. The van der Waals surface area contributed by atoms with Crippen molar-refractivity contribution in [3.63, 3.8) is 0 Å². The number of hydrogen-bond donors (Lipinski definition) is 0. The molecule has 1 aromatic heterocycles. The number of nitro groups is 1. The van der Waals surface area contributed by atoms with Crippen molar-refractivity contribution in [2.45, 2.75) is 25.3 Å². The van der Waals surface area contributed by atoms with Gasteiger partial charge in [0.25, 0.3) is 11.6 Å². The minimum atomic E-state index is -0.481. The van der Waals surface area contributed by atoms with E-state index in [1.807, 2.05) is 34.8 Å². The van der Waals surface area contributed by atoms with Crippen molar-refractivity contribution in [3.8, 4) is 5.75 Å². The Bertz CT molecular complexity index is 771. The van der Waals surface area contributed by atoms with Crippen molar-refractivity contribution in [3.05, 3.63) is 58.4 Å². The second kappa shape index (κ2) is 7.38. The summed E-state index contributed by atoms with van der Waals surface area (Å²) in [5.74, 6) is 0.229. The van der Waals surface area contributed by atoms with E-state index in [1.54, 1.807) is 12.1 Å². The summed E-state index contributed by atoms with van der Waals surface area (Å²) in [6, 6.07) is 9.96. The number of carbonyl (C=O) groups excluding carboxylic acids is 1. The lowest BCUT2D eigenvalue weighted by Crippen LogP contribution is -2.41. The van der Waals surface area contributed by atoms with Crippen LogP contribution in [0, 0.1) is 10.1 Å². The largest absolute Gasteiger partial charge is 0.484 e. The molecule has 0 spiro atoms. The maximum absolute atomic E-state index is 12.7. The van der Waals surface area contributed by atoms with E-state index >= 15 is 0 Å². The van der Waals surface area contributed by atoms with Gasteiger partial charge >= 0.3 is 0 Å². The van der Waals surface area contributed by atoms with Gasteiger partial charge in [-0.25, -0.2) is 0 Å². The lowest BCUT2D eigenvalue weighted by molar-refractivity contribution is -0.384. The number of piperidine rings is 1. The number of hydrogen-bond acceptors (Lipinski definition) is 4. The number of aryl methyl sites for hydroxylation is 1. The molecule has 0 saturated carbocycles. The summed E-state index contributed by atoms with van der Waals surface area (Å²) < 4.78 is 7.54. The Hall–Kier alpha value is -2.83. The van der Waals surface area contributed by atoms with Crippen LogP contribution in [-0.4, -0.2) is 33.4 Å². The molecule has 1 aliphatic rings. The van der Waals surface area contributed by atoms with Gasteiger partial charge in [0.15, 0.2) is 6.61 Å². The topological polar surface area (TPSA) is 77.6 Å². The molecular weight excluding hydrogens is 322 g/mol. The van der Waals surface area contributed by atoms with Crippen LogP contribution >= 0.6 is 0 Å². The third-order valence-corrected chi connectivity index (χ3v) is 4.54. The van der Waals surface area contributed by atoms with E-state index in [-0.39, 0.29) is 24.2 Å². The lowest BCUT2D eigenvalue weighted by atomic mass is 9.99. The van der Waals surface area contributed by atoms with E-state index in [4.69, 9.17) is 4.74 Å². The van der Waals surface area contributed by atoms with E-state index < -0.39 is 4.92 Å². The number of ether oxygens (including phenoxy) is 1. The molecule has 1 saturated heterocycles. The van der Waals surface area contributed by atoms with Crippen LogP contribution in [-0.2, 0) is 11.8 Å². The predicted molar refractivity (Wildman–Crippen MR) is 92.3 cm³/mol. The number of rotatable bonds is 5. The van der Waals surface area contributed by atoms with Crippen LogP contribution in [0.5, 0.6) is 5.75 Å². The van der Waals surface area contributed by atoms with Crippen molar-refractivity contribution in [1.82, 2.24) is 9.47 Å². The van der Waals surface area contributed by atoms with E-state index in [9.17, 15) is 14.9 Å². The number of carbonyl (C=O) groups is 1. The van der Waals surface area contributed by atoms with E-state index in [1.165, 1.54) is 12.1 Å². The van der Waals surface area contributed by atoms with E-state index in [2.05, 4.69) is 0 Å². The molecule has 1 atom stereocenters. The molecule has 0 bridgehead atoms. The molecule has 0 N–H and O–H groups in total. The van der Waals surface area contributed by atoms with Gasteiger partial charge in [0.1, 0.15) is 5.75 Å². The van der Waals surface area contributed by atoms with Crippen molar-refractivity contribution in [2.75, 3.05) is 13.2 Å². The second-order valence-electron chi connectivity index (χ2n) is 6.19. The molecule has 2 heterocycles. The van der Waals surface area contributed by atoms with Crippen LogP contribution in [0.15, 0.2) is 42.6 Å². The molecule has 7 nitrogen and oxygen atoms in total. The zero-order chi connectivity index (χ0) is 17.8. The Labute approximate surface area is 146 Å². The summed E-state index contributed by atoms with van der Waals surface area (Å²) in [7, 11) is 1.98. The molecule has 1 aromatic carbocycles. The van der Waals surface area contributed by atoms with Crippen molar-refractivity contribution in [1.29, 1.82) is 0 Å². The first-order chi connectivity index (χ1) is 12.1. The molecule has 2 aromatic rings. The summed E-state index contributed by atoms with van der Waals surface area (Å²) in [5.41, 5.74) is 1.06. The monoisotopic (exact) mass is 343 g/mol.